The molecule has 0 aliphatic heterocycles. The highest BCUT2D eigenvalue weighted by atomic mass is 35.5. The molecule has 0 aliphatic rings. The first-order valence-electron chi connectivity index (χ1n) is 6.68. The van der Waals surface area contributed by atoms with Crippen molar-refractivity contribution in [2.45, 2.75) is 13.5 Å². The van der Waals surface area contributed by atoms with Gasteiger partial charge in [0.2, 0.25) is 0 Å². The van der Waals surface area contributed by atoms with Crippen LogP contribution < -0.4 is 14.8 Å². The van der Waals surface area contributed by atoms with Crippen LogP contribution in [0.3, 0.4) is 0 Å². The van der Waals surface area contributed by atoms with E-state index in [0.29, 0.717) is 16.5 Å². The first kappa shape index (κ1) is 17.0. The van der Waals surface area contributed by atoms with Crippen molar-refractivity contribution in [3.8, 4) is 11.5 Å². The van der Waals surface area contributed by atoms with Crippen LogP contribution in [0.4, 0.5) is 14.5 Å². The van der Waals surface area contributed by atoms with Crippen LogP contribution in [0, 0.1) is 6.92 Å². The zero-order valence-corrected chi connectivity index (χ0v) is 12.9. The number of nitrogens with one attached hydrogen (secondary N) is 1. The van der Waals surface area contributed by atoms with Crippen molar-refractivity contribution in [2.24, 2.45) is 0 Å². The second-order valence-corrected chi connectivity index (χ2v) is 5.09. The Morgan fingerprint density at radius 2 is 1.91 bits per heavy atom. The maximum absolute atomic E-state index is 12.0. The van der Waals surface area contributed by atoms with Gasteiger partial charge in [-0.2, -0.15) is 8.78 Å². The molecule has 2 aromatic rings. The number of halogens is 3. The zero-order valence-electron chi connectivity index (χ0n) is 12.2. The number of hydrogen-bond acceptors (Lipinski definition) is 3. The number of carbonyl (C=O) groups excluding carboxylic acids is 1. The molecular formula is C16H14ClF2NO3. The van der Waals surface area contributed by atoms with Crippen molar-refractivity contribution in [3.05, 3.63) is 53.1 Å². The summed E-state index contributed by atoms with van der Waals surface area (Å²) < 4.78 is 33.7. The summed E-state index contributed by atoms with van der Waals surface area (Å²) >= 11 is 5.84. The summed E-state index contributed by atoms with van der Waals surface area (Å²) in [6.07, 6.45) is 0. The van der Waals surface area contributed by atoms with Crippen LogP contribution in [0.1, 0.15) is 5.56 Å². The summed E-state index contributed by atoms with van der Waals surface area (Å²) in [5.41, 5.74) is 1.27. The third kappa shape index (κ3) is 5.41. The van der Waals surface area contributed by atoms with Gasteiger partial charge in [-0.15, -0.1) is 0 Å². The molecule has 1 amide bonds. The number of anilines is 1. The highest BCUT2D eigenvalue weighted by molar-refractivity contribution is 6.30. The molecule has 0 saturated heterocycles. The first-order valence-corrected chi connectivity index (χ1v) is 7.05. The number of ether oxygens (including phenoxy) is 2. The molecule has 0 radical (unpaired) electrons. The monoisotopic (exact) mass is 341 g/mol. The highest BCUT2D eigenvalue weighted by Gasteiger charge is 2.07. The van der Waals surface area contributed by atoms with Gasteiger partial charge < -0.3 is 14.8 Å². The molecule has 122 valence electrons. The Hall–Kier alpha value is -2.34. The molecule has 1 N–H and O–H groups in total. The highest BCUT2D eigenvalue weighted by Crippen LogP contribution is 2.22. The fourth-order valence-electron chi connectivity index (χ4n) is 1.83. The topological polar surface area (TPSA) is 47.6 Å². The molecule has 4 nitrogen and oxygen atoms in total. The van der Waals surface area contributed by atoms with Gasteiger partial charge in [0.25, 0.3) is 5.91 Å². The zero-order chi connectivity index (χ0) is 16.8. The molecule has 2 aromatic carbocycles. The van der Waals surface area contributed by atoms with E-state index in [1.807, 2.05) is 6.92 Å². The van der Waals surface area contributed by atoms with E-state index in [9.17, 15) is 13.6 Å². The molecule has 0 fully saturated rings. The van der Waals surface area contributed by atoms with E-state index in [0.717, 1.165) is 5.56 Å². The Labute approximate surface area is 137 Å². The van der Waals surface area contributed by atoms with Crippen molar-refractivity contribution >= 4 is 23.2 Å². The van der Waals surface area contributed by atoms with Gasteiger partial charge in [0.1, 0.15) is 11.5 Å². The van der Waals surface area contributed by atoms with Gasteiger partial charge in [-0.3, -0.25) is 4.79 Å². The Morgan fingerprint density at radius 1 is 1.22 bits per heavy atom. The van der Waals surface area contributed by atoms with E-state index in [-0.39, 0.29) is 18.3 Å². The SMILES string of the molecule is Cc1cc(Cl)ccc1OCC(=O)Nc1ccc(OC(F)F)cc1. The van der Waals surface area contributed by atoms with Crippen molar-refractivity contribution in [3.63, 3.8) is 0 Å². The minimum Gasteiger partial charge on any atom is -0.483 e. The molecule has 0 unspecified atom stereocenters. The minimum atomic E-state index is -2.88. The molecule has 0 aromatic heterocycles. The standard InChI is InChI=1S/C16H14ClF2NO3/c1-10-8-11(17)2-7-14(10)22-9-15(21)20-12-3-5-13(6-4-12)23-16(18)19/h2-8,16H,9H2,1H3,(H,20,21). The number of alkyl halides is 2. The number of hydrogen-bond donors (Lipinski definition) is 1. The molecule has 2 rings (SSSR count). The lowest BCUT2D eigenvalue weighted by Gasteiger charge is -2.10. The van der Waals surface area contributed by atoms with Crippen LogP contribution in [0.15, 0.2) is 42.5 Å². The van der Waals surface area contributed by atoms with Crippen LogP contribution >= 0.6 is 11.6 Å². The number of rotatable bonds is 6. The van der Waals surface area contributed by atoms with Crippen LogP contribution in [0.25, 0.3) is 0 Å². The van der Waals surface area contributed by atoms with E-state index in [1.165, 1.54) is 24.3 Å². The summed E-state index contributed by atoms with van der Waals surface area (Å²) in [7, 11) is 0. The number of carbonyl (C=O) groups is 1. The molecule has 0 spiro atoms. The molecular weight excluding hydrogens is 328 g/mol. The predicted molar refractivity (Wildman–Crippen MR) is 83.4 cm³/mol. The molecule has 23 heavy (non-hydrogen) atoms. The lowest BCUT2D eigenvalue weighted by molar-refractivity contribution is -0.118. The fourth-order valence-corrected chi connectivity index (χ4v) is 2.06. The van der Waals surface area contributed by atoms with Gasteiger partial charge in [0, 0.05) is 10.7 Å². The van der Waals surface area contributed by atoms with E-state index in [2.05, 4.69) is 10.1 Å². The molecule has 0 aliphatic carbocycles. The maximum Gasteiger partial charge on any atom is 0.387 e. The number of amides is 1. The minimum absolute atomic E-state index is 0.0195. The summed E-state index contributed by atoms with van der Waals surface area (Å²) in [5.74, 6) is 0.207. The normalized spacial score (nSPS) is 10.5. The Morgan fingerprint density at radius 3 is 2.52 bits per heavy atom. The second-order valence-electron chi connectivity index (χ2n) is 4.65. The largest absolute Gasteiger partial charge is 0.483 e. The molecule has 0 bridgehead atoms. The summed E-state index contributed by atoms with van der Waals surface area (Å²) in [6.45, 7) is -1.25. The van der Waals surface area contributed by atoms with Gasteiger partial charge in [-0.05, 0) is 55.0 Å². The lowest BCUT2D eigenvalue weighted by Crippen LogP contribution is -2.20. The van der Waals surface area contributed by atoms with E-state index in [1.54, 1.807) is 18.2 Å². The van der Waals surface area contributed by atoms with E-state index >= 15 is 0 Å². The molecule has 7 heteroatoms. The van der Waals surface area contributed by atoms with Gasteiger partial charge in [-0.1, -0.05) is 11.6 Å². The average Bonchev–Trinajstić information content (AvgIpc) is 2.48. The average molecular weight is 342 g/mol. The number of aryl methyl sites for hydroxylation is 1. The summed E-state index contributed by atoms with van der Waals surface area (Å²) in [5, 5.41) is 3.18. The van der Waals surface area contributed by atoms with Gasteiger partial charge >= 0.3 is 6.61 Å². The van der Waals surface area contributed by atoms with Crippen molar-refractivity contribution in [2.75, 3.05) is 11.9 Å². The third-order valence-electron chi connectivity index (χ3n) is 2.86. The Kier molecular flexibility index (Phi) is 5.76. The van der Waals surface area contributed by atoms with Crippen molar-refractivity contribution < 1.29 is 23.0 Å². The molecule has 0 heterocycles. The maximum atomic E-state index is 12.0. The van der Waals surface area contributed by atoms with E-state index in [4.69, 9.17) is 16.3 Å². The summed E-state index contributed by atoms with van der Waals surface area (Å²) in [6, 6.07) is 10.7. The van der Waals surface area contributed by atoms with Crippen molar-refractivity contribution in [1.29, 1.82) is 0 Å². The van der Waals surface area contributed by atoms with Gasteiger partial charge in [0.15, 0.2) is 6.61 Å². The van der Waals surface area contributed by atoms with Crippen LogP contribution in [-0.2, 0) is 4.79 Å². The first-order chi connectivity index (χ1) is 10.9. The Balaban J connectivity index is 1.87. The van der Waals surface area contributed by atoms with Crippen LogP contribution in [0.5, 0.6) is 11.5 Å². The summed E-state index contributed by atoms with van der Waals surface area (Å²) in [4.78, 5) is 11.8. The second kappa shape index (κ2) is 7.78. The molecule has 0 atom stereocenters. The van der Waals surface area contributed by atoms with Gasteiger partial charge in [0.05, 0.1) is 0 Å². The van der Waals surface area contributed by atoms with Crippen LogP contribution in [0.2, 0.25) is 5.02 Å². The quantitative estimate of drug-likeness (QED) is 0.853. The number of benzene rings is 2. The van der Waals surface area contributed by atoms with Crippen molar-refractivity contribution in [1.82, 2.24) is 0 Å². The predicted octanol–water partition coefficient (Wildman–Crippen LogP) is 4.27. The fraction of sp³-hybridized carbons (Fsp3) is 0.188. The smallest absolute Gasteiger partial charge is 0.387 e. The van der Waals surface area contributed by atoms with E-state index < -0.39 is 6.61 Å². The molecule has 0 saturated carbocycles. The lowest BCUT2D eigenvalue weighted by atomic mass is 10.2. The van der Waals surface area contributed by atoms with Crippen LogP contribution in [-0.4, -0.2) is 19.1 Å². The third-order valence-corrected chi connectivity index (χ3v) is 3.09. The Bertz CT molecular complexity index is 678. The van der Waals surface area contributed by atoms with Gasteiger partial charge in [-0.25, -0.2) is 0 Å².